The van der Waals surface area contributed by atoms with Gasteiger partial charge in [0.05, 0.1) is 23.9 Å². The van der Waals surface area contributed by atoms with Crippen molar-refractivity contribution >= 4 is 52.7 Å². The summed E-state index contributed by atoms with van der Waals surface area (Å²) in [4.78, 5) is 38.1. The van der Waals surface area contributed by atoms with Gasteiger partial charge in [0.25, 0.3) is 0 Å². The molecule has 10 heteroatoms. The van der Waals surface area contributed by atoms with Gasteiger partial charge in [-0.05, 0) is 33.1 Å². The number of esters is 1. The van der Waals surface area contributed by atoms with Crippen LogP contribution < -0.4 is 0 Å². The molecule has 0 fully saturated rings. The van der Waals surface area contributed by atoms with Crippen LogP contribution in [0.1, 0.15) is 61.3 Å². The molecule has 0 unspecified atom stereocenters. The molecule has 0 radical (unpaired) electrons. The summed E-state index contributed by atoms with van der Waals surface area (Å²) in [5.41, 5.74) is -1.76. The highest BCUT2D eigenvalue weighted by Crippen LogP contribution is 2.34. The Hall–Kier alpha value is -1.02. The Bertz CT molecular complexity index is 681. The summed E-state index contributed by atoms with van der Waals surface area (Å²) in [6.07, 6.45) is -0.636. The Labute approximate surface area is 212 Å². The maximum absolute atomic E-state index is 13.5. The average molecular weight is 532 g/mol. The number of ether oxygens (including phenoxy) is 4. The highest BCUT2D eigenvalue weighted by Gasteiger charge is 2.45. The lowest BCUT2D eigenvalue weighted by atomic mass is 9.73. The second kappa shape index (κ2) is 13.2. The fourth-order valence-corrected chi connectivity index (χ4v) is 3.62. The third-order valence-corrected chi connectivity index (χ3v) is 5.42. The standard InChI is InChI=1S/C23H37Cl3O7/c1-10-11-14(2)18(32-20(29)31-13-23(24,25)26)15(3)19(28)22(7,8)16(30-9)12-17(27)33-21(4,5)6/h10,14-16,18H,1,11-13H2,2-9H3/t14-,15+,16-,18-/m0/s1. The minimum absolute atomic E-state index is 0.113. The van der Waals surface area contributed by atoms with Crippen molar-refractivity contribution in [3.8, 4) is 0 Å². The van der Waals surface area contributed by atoms with Crippen molar-refractivity contribution in [3.05, 3.63) is 12.7 Å². The van der Waals surface area contributed by atoms with Crippen LogP contribution >= 0.6 is 34.8 Å². The van der Waals surface area contributed by atoms with Gasteiger partial charge in [0.1, 0.15) is 24.1 Å². The number of rotatable bonds is 12. The van der Waals surface area contributed by atoms with Gasteiger partial charge in [-0.1, -0.05) is 68.6 Å². The van der Waals surface area contributed by atoms with Gasteiger partial charge >= 0.3 is 12.1 Å². The molecule has 0 aliphatic heterocycles. The molecule has 0 aliphatic carbocycles. The molecule has 0 amide bonds. The van der Waals surface area contributed by atoms with E-state index in [-0.39, 0.29) is 18.1 Å². The predicted molar refractivity (Wildman–Crippen MR) is 130 cm³/mol. The number of carbonyl (C=O) groups is 3. The minimum Gasteiger partial charge on any atom is -0.460 e. The van der Waals surface area contributed by atoms with E-state index in [0.717, 1.165) is 0 Å². The first-order valence-electron chi connectivity index (χ1n) is 10.7. The second-order valence-corrected chi connectivity index (χ2v) is 12.1. The molecule has 7 nitrogen and oxygen atoms in total. The molecule has 0 bridgehead atoms. The summed E-state index contributed by atoms with van der Waals surface area (Å²) >= 11 is 16.8. The SMILES string of the molecule is C=CC[C@H](C)[C@H](OC(=O)OCC(Cl)(Cl)Cl)[C@@H](C)C(=O)C(C)(C)[C@H](CC(=O)OC(C)(C)C)OC. The van der Waals surface area contributed by atoms with Crippen LogP contribution in [0.15, 0.2) is 12.7 Å². The van der Waals surface area contributed by atoms with Crippen LogP contribution in [0.25, 0.3) is 0 Å². The number of hydrogen-bond donors (Lipinski definition) is 0. The first kappa shape index (κ1) is 32.0. The zero-order chi connectivity index (χ0) is 26.2. The van der Waals surface area contributed by atoms with Gasteiger partial charge in [0.15, 0.2) is 0 Å². The zero-order valence-electron chi connectivity index (χ0n) is 20.7. The number of Topliss-reactive ketones (excluding diaryl/α,β-unsaturated/α-hetero) is 1. The second-order valence-electron chi connectivity index (χ2n) is 9.63. The molecule has 0 aliphatic rings. The molecule has 33 heavy (non-hydrogen) atoms. The summed E-state index contributed by atoms with van der Waals surface area (Å²) in [6, 6.07) is 0. The molecule has 0 rings (SSSR count). The summed E-state index contributed by atoms with van der Waals surface area (Å²) < 4.78 is 19.4. The van der Waals surface area contributed by atoms with Crippen molar-refractivity contribution in [1.82, 2.24) is 0 Å². The first-order chi connectivity index (χ1) is 14.9. The largest absolute Gasteiger partial charge is 0.508 e. The van der Waals surface area contributed by atoms with Gasteiger partial charge < -0.3 is 18.9 Å². The van der Waals surface area contributed by atoms with Crippen molar-refractivity contribution in [3.63, 3.8) is 0 Å². The molecule has 0 saturated carbocycles. The summed E-state index contributed by atoms with van der Waals surface area (Å²) in [7, 11) is 1.43. The Kier molecular flexibility index (Phi) is 12.8. The van der Waals surface area contributed by atoms with Crippen LogP contribution in [-0.4, -0.2) is 53.2 Å². The fourth-order valence-electron chi connectivity index (χ4n) is 3.46. The third kappa shape index (κ3) is 11.8. The number of halogens is 3. The Morgan fingerprint density at radius 3 is 2.00 bits per heavy atom. The topological polar surface area (TPSA) is 88.1 Å². The molecule has 0 saturated heterocycles. The van der Waals surface area contributed by atoms with Gasteiger partial charge in [-0.25, -0.2) is 4.79 Å². The molecular formula is C23H37Cl3O7. The zero-order valence-corrected chi connectivity index (χ0v) is 23.0. The van der Waals surface area contributed by atoms with Gasteiger partial charge in [-0.15, -0.1) is 6.58 Å². The lowest BCUT2D eigenvalue weighted by Crippen LogP contribution is -2.47. The number of ketones is 1. The van der Waals surface area contributed by atoms with Gasteiger partial charge in [0.2, 0.25) is 3.79 Å². The van der Waals surface area contributed by atoms with E-state index in [1.807, 2.05) is 6.92 Å². The van der Waals surface area contributed by atoms with E-state index in [2.05, 4.69) is 6.58 Å². The molecule has 0 spiro atoms. The quantitative estimate of drug-likeness (QED) is 0.171. The van der Waals surface area contributed by atoms with Crippen molar-refractivity contribution in [2.45, 2.75) is 82.9 Å². The molecule has 192 valence electrons. The van der Waals surface area contributed by atoms with Gasteiger partial charge in [-0.2, -0.15) is 0 Å². The van der Waals surface area contributed by atoms with Gasteiger partial charge in [-0.3, -0.25) is 9.59 Å². The minimum atomic E-state index is -1.79. The molecule has 0 aromatic heterocycles. The number of hydrogen-bond acceptors (Lipinski definition) is 7. The molecule has 0 N–H and O–H groups in total. The van der Waals surface area contributed by atoms with Crippen LogP contribution in [0.2, 0.25) is 0 Å². The van der Waals surface area contributed by atoms with Gasteiger partial charge in [0, 0.05) is 7.11 Å². The van der Waals surface area contributed by atoms with Crippen molar-refractivity contribution in [1.29, 1.82) is 0 Å². The number of methoxy groups -OCH3 is 1. The van der Waals surface area contributed by atoms with E-state index in [0.29, 0.717) is 6.42 Å². The van der Waals surface area contributed by atoms with E-state index in [1.165, 1.54) is 7.11 Å². The summed E-state index contributed by atoms with van der Waals surface area (Å²) in [5, 5.41) is 0. The lowest BCUT2D eigenvalue weighted by molar-refractivity contribution is -0.161. The number of allylic oxidation sites excluding steroid dienone is 1. The third-order valence-electron chi connectivity index (χ3n) is 5.09. The highest BCUT2D eigenvalue weighted by atomic mass is 35.6. The Morgan fingerprint density at radius 2 is 1.58 bits per heavy atom. The average Bonchev–Trinajstić information content (AvgIpc) is 2.65. The van der Waals surface area contributed by atoms with Crippen LogP contribution in [0, 0.1) is 17.3 Å². The summed E-state index contributed by atoms with van der Waals surface area (Å²) in [6.45, 7) is 15.3. The normalized spacial score (nSPS) is 16.2. The van der Waals surface area contributed by atoms with Crippen molar-refractivity contribution < 1.29 is 33.3 Å². The smallest absolute Gasteiger partial charge is 0.460 e. The van der Waals surface area contributed by atoms with Crippen LogP contribution in [0.5, 0.6) is 0 Å². The van der Waals surface area contributed by atoms with Crippen LogP contribution in [0.4, 0.5) is 4.79 Å². The van der Waals surface area contributed by atoms with Crippen LogP contribution in [0.3, 0.4) is 0 Å². The van der Waals surface area contributed by atoms with E-state index < -0.39 is 51.7 Å². The van der Waals surface area contributed by atoms with Crippen LogP contribution in [-0.2, 0) is 28.5 Å². The first-order valence-corrected chi connectivity index (χ1v) is 11.8. The molecule has 0 aromatic rings. The number of carbonyl (C=O) groups excluding carboxylic acids is 3. The monoisotopic (exact) mass is 530 g/mol. The van der Waals surface area contributed by atoms with E-state index in [9.17, 15) is 14.4 Å². The van der Waals surface area contributed by atoms with E-state index >= 15 is 0 Å². The highest BCUT2D eigenvalue weighted by molar-refractivity contribution is 6.67. The van der Waals surface area contributed by atoms with Crippen molar-refractivity contribution in [2.24, 2.45) is 17.3 Å². The predicted octanol–water partition coefficient (Wildman–Crippen LogP) is 6.07. The molecule has 0 aromatic carbocycles. The summed E-state index contributed by atoms with van der Waals surface area (Å²) in [5.74, 6) is -1.75. The fraction of sp³-hybridized carbons (Fsp3) is 0.783. The lowest BCUT2D eigenvalue weighted by Gasteiger charge is -2.37. The van der Waals surface area contributed by atoms with Crippen molar-refractivity contribution in [2.75, 3.05) is 13.7 Å². The molecular weight excluding hydrogens is 495 g/mol. The number of alkyl halides is 3. The molecule has 4 atom stereocenters. The van der Waals surface area contributed by atoms with E-state index in [1.54, 1.807) is 47.6 Å². The van der Waals surface area contributed by atoms with E-state index in [4.69, 9.17) is 53.8 Å². The molecule has 0 heterocycles. The maximum atomic E-state index is 13.5. The Balaban J connectivity index is 5.62. The maximum Gasteiger partial charge on any atom is 0.508 e. The Morgan fingerprint density at radius 1 is 1.03 bits per heavy atom.